The van der Waals surface area contributed by atoms with Gasteiger partial charge < -0.3 is 15.0 Å². The third-order valence-electron chi connectivity index (χ3n) is 3.95. The smallest absolute Gasteiger partial charge is 0.254 e. The molecule has 1 aliphatic heterocycles. The number of carbonyl (C=O) groups is 2. The van der Waals surface area contributed by atoms with Crippen LogP contribution >= 0.6 is 11.6 Å². The molecule has 1 atom stereocenters. The predicted octanol–water partition coefficient (Wildman–Crippen LogP) is 3.07. The van der Waals surface area contributed by atoms with E-state index in [0.717, 1.165) is 22.6 Å². The molecule has 0 saturated carbocycles. The van der Waals surface area contributed by atoms with Crippen LogP contribution in [0.1, 0.15) is 24.1 Å². The van der Waals surface area contributed by atoms with Gasteiger partial charge in [0.1, 0.15) is 11.8 Å². The number of anilines is 1. The lowest BCUT2D eigenvalue weighted by Gasteiger charge is -2.18. The molecule has 2 aromatic rings. The van der Waals surface area contributed by atoms with Crippen molar-refractivity contribution >= 4 is 29.1 Å². The van der Waals surface area contributed by atoms with Crippen molar-refractivity contribution in [2.75, 3.05) is 12.0 Å². The van der Waals surface area contributed by atoms with Gasteiger partial charge in [0.25, 0.3) is 5.91 Å². The third-order valence-corrected chi connectivity index (χ3v) is 4.19. The number of ether oxygens (including phenoxy) is 1. The fourth-order valence-corrected chi connectivity index (χ4v) is 3.01. The molecule has 0 aliphatic carbocycles. The number of halogens is 1. The van der Waals surface area contributed by atoms with Crippen molar-refractivity contribution in [3.05, 3.63) is 58.6 Å². The number of nitrogens with zero attached hydrogens (tertiary/aromatic N) is 1. The third kappa shape index (κ3) is 3.08. The van der Waals surface area contributed by atoms with Crippen LogP contribution in [0.15, 0.2) is 42.5 Å². The largest absolute Gasteiger partial charge is 0.497 e. The minimum Gasteiger partial charge on any atom is -0.497 e. The summed E-state index contributed by atoms with van der Waals surface area (Å²) >= 11 is 6.06. The van der Waals surface area contributed by atoms with E-state index in [-0.39, 0.29) is 11.8 Å². The van der Waals surface area contributed by atoms with Crippen LogP contribution in [0.3, 0.4) is 0 Å². The van der Waals surface area contributed by atoms with Crippen LogP contribution in [-0.2, 0) is 16.1 Å². The Morgan fingerprint density at radius 3 is 2.58 bits per heavy atom. The van der Waals surface area contributed by atoms with Crippen molar-refractivity contribution in [3.63, 3.8) is 0 Å². The van der Waals surface area contributed by atoms with Gasteiger partial charge >= 0.3 is 0 Å². The maximum Gasteiger partial charge on any atom is 0.254 e. The maximum absolute atomic E-state index is 12.8. The highest BCUT2D eigenvalue weighted by Crippen LogP contribution is 2.38. The predicted molar refractivity (Wildman–Crippen MR) is 92.2 cm³/mol. The Kier molecular flexibility index (Phi) is 4.44. The summed E-state index contributed by atoms with van der Waals surface area (Å²) in [4.78, 5) is 25.9. The second-order valence-corrected chi connectivity index (χ2v) is 6.05. The molecule has 0 spiro atoms. The zero-order valence-electron chi connectivity index (χ0n) is 13.4. The monoisotopic (exact) mass is 344 g/mol. The molecule has 0 fully saturated rings. The molecule has 0 radical (unpaired) electrons. The molecule has 1 unspecified atom stereocenters. The molecular formula is C18H17ClN2O3. The fraction of sp³-hybridized carbons (Fsp3) is 0.222. The van der Waals surface area contributed by atoms with E-state index in [4.69, 9.17) is 16.3 Å². The van der Waals surface area contributed by atoms with Crippen molar-refractivity contribution in [1.29, 1.82) is 0 Å². The number of carbonyl (C=O) groups excluding carboxylic acids is 2. The van der Waals surface area contributed by atoms with E-state index in [1.807, 2.05) is 24.3 Å². The van der Waals surface area contributed by atoms with Crippen LogP contribution in [0.2, 0.25) is 5.02 Å². The van der Waals surface area contributed by atoms with Crippen LogP contribution < -0.4 is 15.0 Å². The lowest BCUT2D eigenvalue weighted by atomic mass is 10.1. The van der Waals surface area contributed by atoms with Gasteiger partial charge in [-0.05, 0) is 35.9 Å². The lowest BCUT2D eigenvalue weighted by molar-refractivity contribution is -0.126. The van der Waals surface area contributed by atoms with Crippen LogP contribution in [0, 0.1) is 0 Å². The SMILES string of the molecule is COc1ccc(CN2C(=O)C(NC(C)=O)c3cc(Cl)ccc32)cc1. The standard InChI is InChI=1S/C18H17ClN2O3/c1-11(22)20-17-15-9-13(19)5-8-16(15)21(18(17)23)10-12-3-6-14(24-2)7-4-12/h3-9,17H,10H2,1-2H3,(H,20,22). The number of hydrogen-bond acceptors (Lipinski definition) is 3. The molecule has 2 amide bonds. The van der Waals surface area contributed by atoms with E-state index in [1.165, 1.54) is 6.92 Å². The summed E-state index contributed by atoms with van der Waals surface area (Å²) in [6.07, 6.45) is 0. The van der Waals surface area contributed by atoms with Crippen molar-refractivity contribution in [3.8, 4) is 5.75 Å². The van der Waals surface area contributed by atoms with Gasteiger partial charge in [-0.2, -0.15) is 0 Å². The highest BCUT2D eigenvalue weighted by molar-refractivity contribution is 6.31. The molecule has 1 N–H and O–H groups in total. The Hall–Kier alpha value is -2.53. The first-order valence-corrected chi connectivity index (χ1v) is 7.88. The second kappa shape index (κ2) is 6.53. The fourth-order valence-electron chi connectivity index (χ4n) is 2.83. The first kappa shape index (κ1) is 16.3. The summed E-state index contributed by atoms with van der Waals surface area (Å²) in [7, 11) is 1.61. The second-order valence-electron chi connectivity index (χ2n) is 5.61. The van der Waals surface area contributed by atoms with E-state index >= 15 is 0 Å². The van der Waals surface area contributed by atoms with Gasteiger partial charge in [0, 0.05) is 23.2 Å². The average molecular weight is 345 g/mol. The first-order valence-electron chi connectivity index (χ1n) is 7.50. The Bertz CT molecular complexity index is 789. The van der Waals surface area contributed by atoms with Crippen molar-refractivity contribution in [2.24, 2.45) is 0 Å². The number of benzene rings is 2. The first-order chi connectivity index (χ1) is 11.5. The van der Waals surface area contributed by atoms with Gasteiger partial charge in [0.15, 0.2) is 0 Å². The van der Waals surface area contributed by atoms with Crippen LogP contribution in [0.4, 0.5) is 5.69 Å². The molecule has 1 heterocycles. The summed E-state index contributed by atoms with van der Waals surface area (Å²) in [5.74, 6) is 0.332. The van der Waals surface area contributed by atoms with Gasteiger partial charge in [0.05, 0.1) is 13.7 Å². The molecule has 0 saturated heterocycles. The average Bonchev–Trinajstić information content (AvgIpc) is 2.80. The van der Waals surface area contributed by atoms with E-state index < -0.39 is 6.04 Å². The molecule has 3 rings (SSSR count). The lowest BCUT2D eigenvalue weighted by Crippen LogP contribution is -2.36. The van der Waals surface area contributed by atoms with Crippen LogP contribution in [0.25, 0.3) is 0 Å². The van der Waals surface area contributed by atoms with Crippen LogP contribution in [-0.4, -0.2) is 18.9 Å². The summed E-state index contributed by atoms with van der Waals surface area (Å²) in [5.41, 5.74) is 2.45. The highest BCUT2D eigenvalue weighted by Gasteiger charge is 2.37. The summed E-state index contributed by atoms with van der Waals surface area (Å²) < 4.78 is 5.15. The molecule has 5 nitrogen and oxygen atoms in total. The molecular weight excluding hydrogens is 328 g/mol. The van der Waals surface area contributed by atoms with E-state index in [9.17, 15) is 9.59 Å². The van der Waals surface area contributed by atoms with Crippen molar-refractivity contribution in [2.45, 2.75) is 19.5 Å². The van der Waals surface area contributed by atoms with E-state index in [1.54, 1.807) is 30.2 Å². The van der Waals surface area contributed by atoms with Gasteiger partial charge in [-0.1, -0.05) is 23.7 Å². The van der Waals surface area contributed by atoms with Gasteiger partial charge in [-0.3, -0.25) is 9.59 Å². The summed E-state index contributed by atoms with van der Waals surface area (Å²) in [5, 5.41) is 3.23. The molecule has 2 aromatic carbocycles. The Morgan fingerprint density at radius 1 is 1.25 bits per heavy atom. The van der Waals surface area contributed by atoms with Gasteiger partial charge in [-0.25, -0.2) is 0 Å². The molecule has 24 heavy (non-hydrogen) atoms. The normalized spacial score (nSPS) is 16.0. The van der Waals surface area contributed by atoms with Crippen LogP contribution in [0.5, 0.6) is 5.75 Å². The number of amides is 2. The summed E-state index contributed by atoms with van der Waals surface area (Å²) in [6, 6.07) is 12.1. The van der Waals surface area contributed by atoms with E-state index in [0.29, 0.717) is 11.6 Å². The van der Waals surface area contributed by atoms with Crippen molar-refractivity contribution < 1.29 is 14.3 Å². The minimum atomic E-state index is -0.700. The van der Waals surface area contributed by atoms with Crippen molar-refractivity contribution in [1.82, 2.24) is 5.32 Å². The zero-order valence-corrected chi connectivity index (χ0v) is 14.1. The highest BCUT2D eigenvalue weighted by atomic mass is 35.5. The molecule has 124 valence electrons. The number of rotatable bonds is 4. The number of fused-ring (bicyclic) bond motifs is 1. The zero-order chi connectivity index (χ0) is 17.3. The van der Waals surface area contributed by atoms with E-state index in [2.05, 4.69) is 5.32 Å². The Balaban J connectivity index is 1.93. The number of hydrogen-bond donors (Lipinski definition) is 1. The number of nitrogens with one attached hydrogen (secondary N) is 1. The quantitative estimate of drug-likeness (QED) is 0.927. The number of methoxy groups -OCH3 is 1. The maximum atomic E-state index is 12.8. The van der Waals surface area contributed by atoms with Gasteiger partial charge in [-0.15, -0.1) is 0 Å². The Morgan fingerprint density at radius 2 is 1.96 bits per heavy atom. The summed E-state index contributed by atoms with van der Waals surface area (Å²) in [6.45, 7) is 1.80. The molecule has 6 heteroatoms. The molecule has 0 aromatic heterocycles. The molecule has 1 aliphatic rings. The molecule has 0 bridgehead atoms. The Labute approximate surface area is 145 Å². The van der Waals surface area contributed by atoms with Gasteiger partial charge in [0.2, 0.25) is 5.91 Å². The minimum absolute atomic E-state index is 0.168. The topological polar surface area (TPSA) is 58.6 Å².